The zero-order valence-electron chi connectivity index (χ0n) is 16.8. The van der Waals surface area contributed by atoms with Gasteiger partial charge in [0.25, 0.3) is 0 Å². The summed E-state index contributed by atoms with van der Waals surface area (Å²) < 4.78 is 0. The molecular formula is C23H37NO2. The summed E-state index contributed by atoms with van der Waals surface area (Å²) in [6, 6.07) is 9.31. The van der Waals surface area contributed by atoms with Crippen molar-refractivity contribution in [3.05, 3.63) is 35.9 Å². The van der Waals surface area contributed by atoms with Crippen molar-refractivity contribution >= 4 is 5.91 Å². The average Bonchev–Trinajstić information content (AvgIpc) is 2.68. The van der Waals surface area contributed by atoms with E-state index in [0.29, 0.717) is 11.8 Å². The molecule has 0 aliphatic heterocycles. The Labute approximate surface area is 159 Å². The fraction of sp³-hybridized carbons (Fsp3) is 0.696. The van der Waals surface area contributed by atoms with Crippen LogP contribution in [0.25, 0.3) is 0 Å². The van der Waals surface area contributed by atoms with Crippen LogP contribution in [0.1, 0.15) is 83.8 Å². The highest BCUT2D eigenvalue weighted by Gasteiger charge is 2.32. The highest BCUT2D eigenvalue weighted by atomic mass is 16.3. The second kappa shape index (κ2) is 10.7. The molecule has 0 radical (unpaired) electrons. The van der Waals surface area contributed by atoms with Gasteiger partial charge in [0, 0.05) is 5.92 Å². The molecule has 0 saturated heterocycles. The molecule has 2 rings (SSSR count). The van der Waals surface area contributed by atoms with Crippen LogP contribution in [0.2, 0.25) is 0 Å². The van der Waals surface area contributed by atoms with Crippen molar-refractivity contribution in [3.63, 3.8) is 0 Å². The largest absolute Gasteiger partial charge is 0.386 e. The van der Waals surface area contributed by atoms with Gasteiger partial charge >= 0.3 is 0 Å². The number of hydrogen-bond acceptors (Lipinski definition) is 2. The van der Waals surface area contributed by atoms with Gasteiger partial charge in [-0.15, -0.1) is 0 Å². The van der Waals surface area contributed by atoms with E-state index in [2.05, 4.69) is 19.2 Å². The Morgan fingerprint density at radius 3 is 2.42 bits per heavy atom. The molecule has 26 heavy (non-hydrogen) atoms. The second-order valence-electron chi connectivity index (χ2n) is 8.16. The first-order valence-electron chi connectivity index (χ1n) is 10.6. The van der Waals surface area contributed by atoms with Gasteiger partial charge in [0.2, 0.25) is 5.91 Å². The van der Waals surface area contributed by atoms with Crippen LogP contribution in [0.15, 0.2) is 30.3 Å². The summed E-state index contributed by atoms with van der Waals surface area (Å²) in [5.41, 5.74) is 0.853. The monoisotopic (exact) mass is 359 g/mol. The van der Waals surface area contributed by atoms with Gasteiger partial charge in [-0.05, 0) is 30.7 Å². The fourth-order valence-electron chi connectivity index (χ4n) is 4.39. The summed E-state index contributed by atoms with van der Waals surface area (Å²) in [6.07, 6.45) is 8.97. The van der Waals surface area contributed by atoms with Crippen LogP contribution in [0.3, 0.4) is 0 Å². The number of aliphatic hydroxyl groups is 1. The van der Waals surface area contributed by atoms with E-state index in [1.54, 1.807) is 0 Å². The van der Waals surface area contributed by atoms with E-state index in [0.717, 1.165) is 24.8 Å². The molecule has 0 bridgehead atoms. The lowest BCUT2D eigenvalue weighted by atomic mass is 9.73. The van der Waals surface area contributed by atoms with Crippen LogP contribution in [0, 0.1) is 17.8 Å². The summed E-state index contributed by atoms with van der Waals surface area (Å²) in [5, 5.41) is 13.7. The number of carbonyl (C=O) groups excluding carboxylic acids is 1. The van der Waals surface area contributed by atoms with Gasteiger partial charge in [0.05, 0.1) is 12.1 Å². The summed E-state index contributed by atoms with van der Waals surface area (Å²) in [4.78, 5) is 13.1. The van der Waals surface area contributed by atoms with Crippen molar-refractivity contribution < 1.29 is 9.90 Å². The minimum absolute atomic E-state index is 0.0588. The standard InChI is InChI=1S/C23H37NO2/c1-4-5-16-21(17(2)19-12-8-6-9-13-19)23(26)24-18(3)22(25)20-14-10-7-11-15-20/h7,10-11,14-15,17-19,21-22,25H,4-6,8-9,12-13,16H2,1-3H3,(H,24,26). The molecule has 1 fully saturated rings. The third kappa shape index (κ3) is 5.84. The summed E-state index contributed by atoms with van der Waals surface area (Å²) in [6.45, 7) is 6.36. The Kier molecular flexibility index (Phi) is 8.64. The molecule has 3 heteroatoms. The molecule has 4 atom stereocenters. The number of aliphatic hydroxyl groups excluding tert-OH is 1. The number of hydrogen-bond donors (Lipinski definition) is 2. The topological polar surface area (TPSA) is 49.3 Å². The van der Waals surface area contributed by atoms with Crippen LogP contribution in [-0.4, -0.2) is 17.1 Å². The quantitative estimate of drug-likeness (QED) is 0.633. The maximum absolute atomic E-state index is 13.1. The Morgan fingerprint density at radius 2 is 1.81 bits per heavy atom. The SMILES string of the molecule is CCCCC(C(=O)NC(C)C(O)c1ccccc1)C(C)C1CCCCC1. The van der Waals surface area contributed by atoms with Gasteiger partial charge < -0.3 is 10.4 Å². The molecule has 0 spiro atoms. The first kappa shape index (κ1) is 21.0. The first-order valence-corrected chi connectivity index (χ1v) is 10.6. The molecule has 1 aliphatic rings. The molecule has 1 aromatic carbocycles. The van der Waals surface area contributed by atoms with Crippen LogP contribution < -0.4 is 5.32 Å². The molecule has 0 heterocycles. The van der Waals surface area contributed by atoms with E-state index in [9.17, 15) is 9.90 Å². The molecule has 2 N–H and O–H groups in total. The molecule has 0 aromatic heterocycles. The summed E-state index contributed by atoms with van der Waals surface area (Å²) in [5.74, 6) is 1.27. The number of carbonyl (C=O) groups is 1. The number of nitrogens with one attached hydrogen (secondary N) is 1. The van der Waals surface area contributed by atoms with Crippen molar-refractivity contribution in [2.45, 2.75) is 84.3 Å². The van der Waals surface area contributed by atoms with Crippen LogP contribution in [-0.2, 0) is 4.79 Å². The van der Waals surface area contributed by atoms with E-state index in [1.165, 1.54) is 32.1 Å². The zero-order valence-corrected chi connectivity index (χ0v) is 16.8. The van der Waals surface area contributed by atoms with Gasteiger partial charge in [-0.3, -0.25) is 4.79 Å². The minimum atomic E-state index is -0.669. The van der Waals surface area contributed by atoms with E-state index in [1.807, 2.05) is 37.3 Å². The van der Waals surface area contributed by atoms with Gasteiger partial charge in [-0.25, -0.2) is 0 Å². The van der Waals surface area contributed by atoms with E-state index < -0.39 is 6.10 Å². The lowest BCUT2D eigenvalue weighted by molar-refractivity contribution is -0.129. The molecule has 4 unspecified atom stereocenters. The maximum atomic E-state index is 13.1. The number of rotatable bonds is 9. The highest BCUT2D eigenvalue weighted by Crippen LogP contribution is 2.36. The molecule has 1 aromatic rings. The Bertz CT molecular complexity index is 524. The lowest BCUT2D eigenvalue weighted by Crippen LogP contribution is -2.43. The number of unbranched alkanes of at least 4 members (excludes halogenated alkanes) is 1. The van der Waals surface area contributed by atoms with Gasteiger partial charge in [0.15, 0.2) is 0 Å². The number of benzene rings is 1. The third-order valence-electron chi connectivity index (χ3n) is 6.22. The Hall–Kier alpha value is -1.35. The van der Waals surface area contributed by atoms with Crippen molar-refractivity contribution in [2.75, 3.05) is 0 Å². The minimum Gasteiger partial charge on any atom is -0.386 e. The smallest absolute Gasteiger partial charge is 0.223 e. The van der Waals surface area contributed by atoms with E-state index in [-0.39, 0.29) is 17.9 Å². The van der Waals surface area contributed by atoms with E-state index >= 15 is 0 Å². The van der Waals surface area contributed by atoms with Gasteiger partial charge in [0.1, 0.15) is 0 Å². The zero-order chi connectivity index (χ0) is 18.9. The Morgan fingerprint density at radius 1 is 1.15 bits per heavy atom. The Balaban J connectivity index is 2.00. The highest BCUT2D eigenvalue weighted by molar-refractivity contribution is 5.79. The summed E-state index contributed by atoms with van der Waals surface area (Å²) >= 11 is 0. The molecule has 3 nitrogen and oxygen atoms in total. The van der Waals surface area contributed by atoms with Crippen LogP contribution in [0.4, 0.5) is 0 Å². The molecule has 1 aliphatic carbocycles. The van der Waals surface area contributed by atoms with Crippen molar-refractivity contribution in [3.8, 4) is 0 Å². The predicted octanol–water partition coefficient (Wildman–Crippen LogP) is 5.25. The van der Waals surface area contributed by atoms with Gasteiger partial charge in [-0.2, -0.15) is 0 Å². The molecule has 146 valence electrons. The second-order valence-corrected chi connectivity index (χ2v) is 8.16. The lowest BCUT2D eigenvalue weighted by Gasteiger charge is -2.34. The molecular weight excluding hydrogens is 322 g/mol. The average molecular weight is 360 g/mol. The fourth-order valence-corrected chi connectivity index (χ4v) is 4.39. The third-order valence-corrected chi connectivity index (χ3v) is 6.22. The first-order chi connectivity index (χ1) is 12.5. The van der Waals surface area contributed by atoms with E-state index in [4.69, 9.17) is 0 Å². The normalized spacial score (nSPS) is 20.2. The van der Waals surface area contributed by atoms with Crippen LogP contribution >= 0.6 is 0 Å². The molecule has 1 saturated carbocycles. The van der Waals surface area contributed by atoms with Crippen molar-refractivity contribution in [2.24, 2.45) is 17.8 Å². The van der Waals surface area contributed by atoms with Crippen molar-refractivity contribution in [1.29, 1.82) is 0 Å². The predicted molar refractivity (Wildman–Crippen MR) is 108 cm³/mol. The summed E-state index contributed by atoms with van der Waals surface area (Å²) in [7, 11) is 0. The number of amides is 1. The van der Waals surface area contributed by atoms with Crippen LogP contribution in [0.5, 0.6) is 0 Å². The van der Waals surface area contributed by atoms with Crippen molar-refractivity contribution in [1.82, 2.24) is 5.32 Å². The van der Waals surface area contributed by atoms with Gasteiger partial charge in [-0.1, -0.05) is 89.1 Å². The maximum Gasteiger partial charge on any atom is 0.223 e. The molecule has 1 amide bonds.